The zero-order valence-corrected chi connectivity index (χ0v) is 13.3. The smallest absolute Gasteiger partial charge is 0.407 e. The molecule has 0 spiro atoms. The number of nitro benzene ring substituents is 1. The van der Waals surface area contributed by atoms with Gasteiger partial charge >= 0.3 is 11.8 Å². The molecule has 0 bridgehead atoms. The van der Waals surface area contributed by atoms with E-state index in [1.807, 2.05) is 0 Å². The number of rotatable bonds is 5. The second-order valence-electron chi connectivity index (χ2n) is 6.02. The van der Waals surface area contributed by atoms with Crippen LogP contribution in [0, 0.1) is 15.9 Å². The van der Waals surface area contributed by atoms with Crippen molar-refractivity contribution in [3.8, 4) is 5.75 Å². The van der Waals surface area contributed by atoms with Crippen LogP contribution in [0.15, 0.2) is 12.1 Å². The molecule has 2 atom stereocenters. The van der Waals surface area contributed by atoms with Crippen LogP contribution in [0.25, 0.3) is 0 Å². The molecule has 1 aromatic carbocycles. The van der Waals surface area contributed by atoms with E-state index in [0.717, 1.165) is 6.07 Å². The Hall–Kier alpha value is -2.46. The van der Waals surface area contributed by atoms with Crippen molar-refractivity contribution < 1.29 is 34.2 Å². The number of ether oxygens (including phenoxy) is 1. The van der Waals surface area contributed by atoms with Gasteiger partial charge in [-0.3, -0.25) is 10.1 Å². The monoisotopic (exact) mass is 346 g/mol. The Kier molecular flexibility index (Phi) is 6.04. The van der Waals surface area contributed by atoms with Gasteiger partial charge in [-0.25, -0.2) is 9.18 Å². The second-order valence-corrected chi connectivity index (χ2v) is 6.02. The van der Waals surface area contributed by atoms with Crippen molar-refractivity contribution >= 4 is 11.8 Å². The highest BCUT2D eigenvalue weighted by atomic mass is 19.1. The molecular weight excluding hydrogens is 327 g/mol. The lowest BCUT2D eigenvalue weighted by molar-refractivity contribution is -0.386. The maximum Gasteiger partial charge on any atom is 0.407 e. The molecule has 1 aromatic rings. The van der Waals surface area contributed by atoms with Crippen LogP contribution >= 0.6 is 0 Å². The number of nitrogens with one attached hydrogen (secondary N) is 1. The van der Waals surface area contributed by atoms with Gasteiger partial charge in [0, 0.05) is 12.6 Å². The Morgan fingerprint density at radius 3 is 2.50 bits per heavy atom. The molecule has 1 rings (SSSR count). The largest absolute Gasteiger partial charge is 0.500 e. The van der Waals surface area contributed by atoms with Crippen molar-refractivity contribution in [1.29, 1.82) is 0 Å². The fourth-order valence-electron chi connectivity index (χ4n) is 1.75. The summed E-state index contributed by atoms with van der Waals surface area (Å²) in [4.78, 5) is 21.2. The van der Waals surface area contributed by atoms with Gasteiger partial charge in [0.2, 0.25) is 5.75 Å². The van der Waals surface area contributed by atoms with E-state index in [9.17, 15) is 34.6 Å². The first-order chi connectivity index (χ1) is 10.9. The molecule has 4 N–H and O–H groups in total. The molecule has 24 heavy (non-hydrogen) atoms. The van der Waals surface area contributed by atoms with E-state index in [-0.39, 0.29) is 5.56 Å². The Labute approximate surface area is 136 Å². The lowest BCUT2D eigenvalue weighted by Crippen LogP contribution is -2.38. The fraction of sp³-hybridized carbons (Fsp3) is 0.500. The van der Waals surface area contributed by atoms with E-state index < -0.39 is 52.6 Å². The zero-order valence-electron chi connectivity index (χ0n) is 13.3. The minimum Gasteiger partial charge on any atom is -0.500 e. The number of aliphatic hydroxyl groups is 2. The standard InChI is InChI=1S/C14H19FN2O7/c1-14(2,3)24-13(21)16-6-10(18)11(19)7-4-8(15)12(20)9(5-7)17(22)23/h4-5,10-11,18-20H,6H2,1-3H3,(H,16,21). The summed E-state index contributed by atoms with van der Waals surface area (Å²) in [5.74, 6) is -2.48. The van der Waals surface area contributed by atoms with Gasteiger partial charge in [0.1, 0.15) is 17.8 Å². The first-order valence-corrected chi connectivity index (χ1v) is 6.92. The lowest BCUT2D eigenvalue weighted by Gasteiger charge is -2.22. The molecule has 1 amide bonds. The summed E-state index contributed by atoms with van der Waals surface area (Å²) >= 11 is 0. The number of hydrogen-bond acceptors (Lipinski definition) is 7. The van der Waals surface area contributed by atoms with Crippen molar-refractivity contribution in [2.75, 3.05) is 6.54 Å². The zero-order chi connectivity index (χ0) is 18.7. The number of phenolic OH excluding ortho intramolecular Hbond substituents is 1. The number of nitro groups is 1. The van der Waals surface area contributed by atoms with Gasteiger partial charge in [0.05, 0.1) is 4.92 Å². The second kappa shape index (κ2) is 7.41. The van der Waals surface area contributed by atoms with Crippen LogP contribution in [0.3, 0.4) is 0 Å². The van der Waals surface area contributed by atoms with Crippen LogP contribution in [0.5, 0.6) is 5.75 Å². The molecule has 0 saturated carbocycles. The average Bonchev–Trinajstić information content (AvgIpc) is 2.44. The number of alkyl carbamates (subject to hydrolysis) is 1. The van der Waals surface area contributed by atoms with E-state index in [2.05, 4.69) is 5.32 Å². The van der Waals surface area contributed by atoms with Gasteiger partial charge in [-0.05, 0) is 32.4 Å². The fourth-order valence-corrected chi connectivity index (χ4v) is 1.75. The van der Waals surface area contributed by atoms with Gasteiger partial charge in [0.25, 0.3) is 0 Å². The Balaban J connectivity index is 2.81. The van der Waals surface area contributed by atoms with Crippen molar-refractivity contribution in [3.63, 3.8) is 0 Å². The molecule has 0 radical (unpaired) electrons. The summed E-state index contributed by atoms with van der Waals surface area (Å²) in [5.41, 5.74) is -2.03. The summed E-state index contributed by atoms with van der Waals surface area (Å²) in [6, 6.07) is 1.39. The summed E-state index contributed by atoms with van der Waals surface area (Å²) in [7, 11) is 0. The highest BCUT2D eigenvalue weighted by Crippen LogP contribution is 2.32. The van der Waals surface area contributed by atoms with E-state index in [1.54, 1.807) is 20.8 Å². The molecule has 10 heteroatoms. The number of hydrogen-bond donors (Lipinski definition) is 4. The average molecular weight is 346 g/mol. The summed E-state index contributed by atoms with van der Waals surface area (Å²) in [6.45, 7) is 4.47. The number of carbonyl (C=O) groups is 1. The van der Waals surface area contributed by atoms with Crippen molar-refractivity contribution in [2.45, 2.75) is 38.6 Å². The first-order valence-electron chi connectivity index (χ1n) is 6.92. The van der Waals surface area contributed by atoms with Crippen molar-refractivity contribution in [3.05, 3.63) is 33.6 Å². The number of halogens is 1. The minimum atomic E-state index is -1.73. The third kappa shape index (κ3) is 5.32. The van der Waals surface area contributed by atoms with E-state index >= 15 is 0 Å². The molecule has 0 aliphatic rings. The van der Waals surface area contributed by atoms with Crippen LogP contribution in [-0.4, -0.2) is 44.6 Å². The number of aromatic hydroxyl groups is 1. The van der Waals surface area contributed by atoms with Gasteiger partial charge in [-0.15, -0.1) is 0 Å². The third-order valence-electron chi connectivity index (χ3n) is 2.82. The van der Waals surface area contributed by atoms with Crippen molar-refractivity contribution in [1.82, 2.24) is 5.32 Å². The predicted octanol–water partition coefficient (Wildman–Crippen LogP) is 1.36. The van der Waals surface area contributed by atoms with Crippen LogP contribution < -0.4 is 5.32 Å². The number of phenols is 1. The quantitative estimate of drug-likeness (QED) is 0.466. The number of aliphatic hydroxyl groups excluding tert-OH is 2. The molecule has 0 fully saturated rings. The molecule has 134 valence electrons. The van der Waals surface area contributed by atoms with Gasteiger partial charge in [0.15, 0.2) is 5.82 Å². The maximum absolute atomic E-state index is 13.5. The minimum absolute atomic E-state index is 0.324. The summed E-state index contributed by atoms with van der Waals surface area (Å²) < 4.78 is 18.4. The van der Waals surface area contributed by atoms with Crippen LogP contribution in [0.1, 0.15) is 32.4 Å². The Morgan fingerprint density at radius 1 is 1.42 bits per heavy atom. The normalized spacial score (nSPS) is 13.9. The van der Waals surface area contributed by atoms with Crippen LogP contribution in [0.4, 0.5) is 14.9 Å². The third-order valence-corrected chi connectivity index (χ3v) is 2.82. The number of benzene rings is 1. The van der Waals surface area contributed by atoms with Gasteiger partial charge < -0.3 is 25.4 Å². The SMILES string of the molecule is CC(C)(C)OC(=O)NCC(O)C(O)c1cc(F)c(O)c([N+](=O)[O-])c1. The Bertz CT molecular complexity index is 630. The predicted molar refractivity (Wildman–Crippen MR) is 79.9 cm³/mol. The maximum atomic E-state index is 13.5. The lowest BCUT2D eigenvalue weighted by atomic mass is 10.0. The molecule has 0 aromatic heterocycles. The highest BCUT2D eigenvalue weighted by Gasteiger charge is 2.26. The highest BCUT2D eigenvalue weighted by molar-refractivity contribution is 5.67. The van der Waals surface area contributed by atoms with Crippen molar-refractivity contribution in [2.24, 2.45) is 0 Å². The Morgan fingerprint density at radius 2 is 2.00 bits per heavy atom. The number of amides is 1. The molecule has 9 nitrogen and oxygen atoms in total. The van der Waals surface area contributed by atoms with E-state index in [1.165, 1.54) is 0 Å². The molecular formula is C14H19FN2O7. The molecule has 0 aliphatic heterocycles. The number of carbonyl (C=O) groups excluding carboxylic acids is 1. The van der Waals surface area contributed by atoms with Gasteiger partial charge in [-0.1, -0.05) is 0 Å². The van der Waals surface area contributed by atoms with E-state index in [4.69, 9.17) is 4.74 Å². The molecule has 0 saturated heterocycles. The van der Waals surface area contributed by atoms with Crippen LogP contribution in [0.2, 0.25) is 0 Å². The summed E-state index contributed by atoms with van der Waals surface area (Å²) in [5, 5.41) is 42.0. The first kappa shape index (κ1) is 19.6. The van der Waals surface area contributed by atoms with E-state index in [0.29, 0.717) is 6.07 Å². The topological polar surface area (TPSA) is 142 Å². The molecule has 0 aliphatic carbocycles. The molecule has 0 heterocycles. The molecule has 2 unspecified atom stereocenters. The van der Waals surface area contributed by atoms with Gasteiger partial charge in [-0.2, -0.15) is 0 Å². The number of nitrogens with zero attached hydrogens (tertiary/aromatic N) is 1. The summed E-state index contributed by atoms with van der Waals surface area (Å²) in [6.07, 6.45) is -4.15. The van der Waals surface area contributed by atoms with Crippen LogP contribution in [-0.2, 0) is 4.74 Å².